The molecule has 1 saturated heterocycles. The highest BCUT2D eigenvalue weighted by atomic mass is 35.5. The Labute approximate surface area is 176 Å². The molecule has 160 valence electrons. The summed E-state index contributed by atoms with van der Waals surface area (Å²) in [5, 5.41) is 3.18. The number of sulfonamides is 1. The van der Waals surface area contributed by atoms with E-state index in [1.54, 1.807) is 25.1 Å². The molecule has 8 heteroatoms. The van der Waals surface area contributed by atoms with Gasteiger partial charge in [0.15, 0.2) is 0 Å². The quantitative estimate of drug-likeness (QED) is 0.687. The number of hydrogen-bond acceptors (Lipinski definition) is 4. The number of amides is 1. The van der Waals surface area contributed by atoms with Gasteiger partial charge in [-0.1, -0.05) is 19.9 Å². The van der Waals surface area contributed by atoms with Crippen LogP contribution >= 0.6 is 12.4 Å². The number of carbonyl (C=O) groups is 1. The van der Waals surface area contributed by atoms with Crippen molar-refractivity contribution in [1.82, 2.24) is 14.5 Å². The van der Waals surface area contributed by atoms with Crippen LogP contribution in [0.2, 0.25) is 0 Å². The van der Waals surface area contributed by atoms with Crippen molar-refractivity contribution in [2.24, 2.45) is 5.92 Å². The van der Waals surface area contributed by atoms with E-state index in [1.165, 1.54) is 4.31 Å². The molecule has 1 aliphatic rings. The number of carbonyl (C=O) groups excluding carboxylic acids is 1. The maximum atomic E-state index is 12.9. The molecule has 1 aromatic rings. The number of benzene rings is 1. The summed E-state index contributed by atoms with van der Waals surface area (Å²) >= 11 is 0. The highest BCUT2D eigenvalue weighted by Gasteiger charge is 2.27. The molecule has 1 heterocycles. The van der Waals surface area contributed by atoms with Gasteiger partial charge in [0, 0.05) is 31.7 Å². The van der Waals surface area contributed by atoms with Gasteiger partial charge in [-0.2, -0.15) is 4.31 Å². The van der Waals surface area contributed by atoms with Gasteiger partial charge < -0.3 is 10.2 Å². The monoisotopic (exact) mass is 431 g/mol. The zero-order valence-electron chi connectivity index (χ0n) is 17.4. The van der Waals surface area contributed by atoms with E-state index in [0.29, 0.717) is 30.1 Å². The Morgan fingerprint density at radius 1 is 1.21 bits per heavy atom. The average Bonchev–Trinajstić information content (AvgIpc) is 2.67. The molecule has 1 aliphatic heterocycles. The van der Waals surface area contributed by atoms with Crippen molar-refractivity contribution in [2.45, 2.75) is 44.9 Å². The standard InChI is InChI=1S/C20H33N3O3S.ClH/c1-5-23(6-2)27(25,26)19-15-18(8-7-16(19)3)20(24)22-13-10-17(11-14-22)9-12-21-4;/h7-8,15,17,21H,5-6,9-14H2,1-4H3;1H. The van der Waals surface area contributed by atoms with Crippen molar-refractivity contribution < 1.29 is 13.2 Å². The number of nitrogens with zero attached hydrogens (tertiary/aromatic N) is 2. The first-order chi connectivity index (χ1) is 12.8. The fourth-order valence-electron chi connectivity index (χ4n) is 3.67. The molecule has 0 aromatic heterocycles. The molecule has 0 atom stereocenters. The second-order valence-electron chi connectivity index (χ2n) is 7.20. The SMILES string of the molecule is CCN(CC)S(=O)(=O)c1cc(C(=O)N2CCC(CCNC)CC2)ccc1C.Cl. The highest BCUT2D eigenvalue weighted by Crippen LogP contribution is 2.25. The molecule has 6 nitrogen and oxygen atoms in total. The molecular formula is C20H34ClN3O3S. The molecule has 2 rings (SSSR count). The van der Waals surface area contributed by atoms with Crippen molar-refractivity contribution >= 4 is 28.3 Å². The predicted octanol–water partition coefficient (Wildman–Crippen LogP) is 2.91. The molecule has 0 aliphatic carbocycles. The second kappa shape index (κ2) is 11.1. The molecule has 1 aromatic carbocycles. The predicted molar refractivity (Wildman–Crippen MR) is 116 cm³/mol. The van der Waals surface area contributed by atoms with Gasteiger partial charge in [0.25, 0.3) is 5.91 Å². The zero-order chi connectivity index (χ0) is 20.0. The maximum absolute atomic E-state index is 12.9. The van der Waals surface area contributed by atoms with Crippen LogP contribution < -0.4 is 5.32 Å². The first kappa shape index (κ1) is 24.9. The number of halogens is 1. The minimum atomic E-state index is -3.58. The summed E-state index contributed by atoms with van der Waals surface area (Å²) in [4.78, 5) is 15.0. The summed E-state index contributed by atoms with van der Waals surface area (Å²) in [5.41, 5.74) is 1.13. The van der Waals surface area contributed by atoms with Crippen LogP contribution in [0.4, 0.5) is 0 Å². The molecular weight excluding hydrogens is 398 g/mol. The van der Waals surface area contributed by atoms with E-state index in [4.69, 9.17) is 0 Å². The van der Waals surface area contributed by atoms with E-state index in [-0.39, 0.29) is 23.2 Å². The summed E-state index contributed by atoms with van der Waals surface area (Å²) < 4.78 is 27.2. The molecule has 0 radical (unpaired) electrons. The Hall–Kier alpha value is -1.15. The van der Waals surface area contributed by atoms with Gasteiger partial charge in [-0.3, -0.25) is 4.79 Å². The highest BCUT2D eigenvalue weighted by molar-refractivity contribution is 7.89. The number of aryl methyl sites for hydroxylation is 1. The summed E-state index contributed by atoms with van der Waals surface area (Å²) in [5.74, 6) is 0.580. The van der Waals surface area contributed by atoms with E-state index in [2.05, 4.69) is 5.32 Å². The second-order valence-corrected chi connectivity index (χ2v) is 9.10. The first-order valence-corrected chi connectivity index (χ1v) is 11.3. The lowest BCUT2D eigenvalue weighted by Gasteiger charge is -2.32. The van der Waals surface area contributed by atoms with Crippen LogP contribution in [0.3, 0.4) is 0 Å². The van der Waals surface area contributed by atoms with Gasteiger partial charge in [0.05, 0.1) is 4.90 Å². The lowest BCUT2D eigenvalue weighted by atomic mass is 9.93. The summed E-state index contributed by atoms with van der Waals surface area (Å²) in [6.07, 6.45) is 3.14. The lowest BCUT2D eigenvalue weighted by Crippen LogP contribution is -2.39. The molecule has 0 saturated carbocycles. The first-order valence-electron chi connectivity index (χ1n) is 9.89. The molecule has 1 N–H and O–H groups in total. The maximum Gasteiger partial charge on any atom is 0.253 e. The fraction of sp³-hybridized carbons (Fsp3) is 0.650. The average molecular weight is 432 g/mol. The number of piperidine rings is 1. The van der Waals surface area contributed by atoms with E-state index < -0.39 is 10.0 Å². The van der Waals surface area contributed by atoms with Crippen LogP contribution in [0.15, 0.2) is 23.1 Å². The number of likely N-dealkylation sites (tertiary alicyclic amines) is 1. The Kier molecular flexibility index (Phi) is 9.90. The fourth-order valence-corrected chi connectivity index (χ4v) is 5.38. The van der Waals surface area contributed by atoms with E-state index in [1.807, 2.05) is 25.8 Å². The van der Waals surface area contributed by atoms with E-state index in [9.17, 15) is 13.2 Å². The van der Waals surface area contributed by atoms with Crippen LogP contribution in [-0.2, 0) is 10.0 Å². The van der Waals surface area contributed by atoms with Gasteiger partial charge in [0.1, 0.15) is 0 Å². The third-order valence-electron chi connectivity index (χ3n) is 5.46. The Morgan fingerprint density at radius 3 is 2.36 bits per heavy atom. The van der Waals surface area contributed by atoms with Gasteiger partial charge in [-0.05, 0) is 63.4 Å². The van der Waals surface area contributed by atoms with Crippen molar-refractivity contribution in [3.63, 3.8) is 0 Å². The molecule has 0 unspecified atom stereocenters. The zero-order valence-corrected chi connectivity index (χ0v) is 19.0. The lowest BCUT2D eigenvalue weighted by molar-refractivity contribution is 0.0687. The van der Waals surface area contributed by atoms with Crippen LogP contribution in [0.1, 0.15) is 49.0 Å². The summed E-state index contributed by atoms with van der Waals surface area (Å²) in [6.45, 7) is 8.72. The van der Waals surface area contributed by atoms with Crippen LogP contribution in [0.5, 0.6) is 0 Å². The van der Waals surface area contributed by atoms with Crippen LogP contribution in [0, 0.1) is 12.8 Å². The van der Waals surface area contributed by atoms with Gasteiger partial charge >= 0.3 is 0 Å². The molecule has 1 amide bonds. The topological polar surface area (TPSA) is 69.7 Å². The van der Waals surface area contributed by atoms with Gasteiger partial charge in [0.2, 0.25) is 10.0 Å². The minimum Gasteiger partial charge on any atom is -0.339 e. The van der Waals surface area contributed by atoms with Gasteiger partial charge in [-0.15, -0.1) is 12.4 Å². The third-order valence-corrected chi connectivity index (χ3v) is 7.65. The van der Waals surface area contributed by atoms with E-state index in [0.717, 1.165) is 38.9 Å². The summed E-state index contributed by atoms with van der Waals surface area (Å²) in [6, 6.07) is 5.04. The molecule has 1 fully saturated rings. The molecule has 28 heavy (non-hydrogen) atoms. The largest absolute Gasteiger partial charge is 0.339 e. The molecule has 0 spiro atoms. The summed E-state index contributed by atoms with van der Waals surface area (Å²) in [7, 11) is -1.62. The van der Waals surface area contributed by atoms with Gasteiger partial charge in [-0.25, -0.2) is 8.42 Å². The van der Waals surface area contributed by atoms with E-state index >= 15 is 0 Å². The Balaban J connectivity index is 0.00000392. The van der Waals surface area contributed by atoms with Crippen molar-refractivity contribution in [3.8, 4) is 0 Å². The Bertz CT molecular complexity index is 743. The van der Waals surface area contributed by atoms with Crippen molar-refractivity contribution in [1.29, 1.82) is 0 Å². The minimum absolute atomic E-state index is 0. The smallest absolute Gasteiger partial charge is 0.253 e. The van der Waals surface area contributed by atoms with Crippen LogP contribution in [0.25, 0.3) is 0 Å². The number of rotatable bonds is 8. The van der Waals surface area contributed by atoms with Crippen molar-refractivity contribution in [3.05, 3.63) is 29.3 Å². The third kappa shape index (κ3) is 5.69. The van der Waals surface area contributed by atoms with Crippen LogP contribution in [-0.4, -0.2) is 63.3 Å². The van der Waals surface area contributed by atoms with Crippen molar-refractivity contribution in [2.75, 3.05) is 39.8 Å². The normalized spacial score (nSPS) is 15.5. The number of nitrogens with one attached hydrogen (secondary N) is 1. The number of hydrogen-bond donors (Lipinski definition) is 1. The Morgan fingerprint density at radius 2 is 1.82 bits per heavy atom. The molecule has 0 bridgehead atoms.